The molecule has 0 radical (unpaired) electrons. The van der Waals surface area contributed by atoms with Crippen LogP contribution in [-0.2, 0) is 11.2 Å². The number of thiazole rings is 1. The predicted molar refractivity (Wildman–Crippen MR) is 121 cm³/mol. The second kappa shape index (κ2) is 7.49. The number of aromatic nitrogens is 1. The van der Waals surface area contributed by atoms with E-state index in [-0.39, 0.29) is 5.91 Å². The Kier molecular flexibility index (Phi) is 4.54. The molecule has 4 heteroatoms. The topological polar surface area (TPSA) is 42.0 Å². The molecule has 29 heavy (non-hydrogen) atoms. The standard InChI is InChI=1S/C25H18N2OS/c28-24(15-20-10-5-9-18-7-3-4-11-22(18)20)27-25-26-23(16-29-25)21-13-12-17-6-1-2-8-19(17)14-21/h1-14,16H,15H2,(H,26,27,28). The molecule has 1 N–H and O–H groups in total. The molecule has 0 bridgehead atoms. The summed E-state index contributed by atoms with van der Waals surface area (Å²) in [7, 11) is 0. The number of fused-ring (bicyclic) bond motifs is 2. The molecule has 3 nitrogen and oxygen atoms in total. The first kappa shape index (κ1) is 17.6. The van der Waals surface area contributed by atoms with Crippen molar-refractivity contribution in [2.24, 2.45) is 0 Å². The van der Waals surface area contributed by atoms with Crippen molar-refractivity contribution in [2.45, 2.75) is 6.42 Å². The number of benzene rings is 4. The summed E-state index contributed by atoms with van der Waals surface area (Å²) >= 11 is 1.45. The largest absolute Gasteiger partial charge is 0.302 e. The Hall–Kier alpha value is -3.50. The maximum absolute atomic E-state index is 12.6. The summed E-state index contributed by atoms with van der Waals surface area (Å²) in [5.74, 6) is -0.0548. The van der Waals surface area contributed by atoms with Crippen LogP contribution in [0.1, 0.15) is 5.56 Å². The van der Waals surface area contributed by atoms with Gasteiger partial charge in [0.05, 0.1) is 12.1 Å². The zero-order valence-electron chi connectivity index (χ0n) is 15.6. The molecule has 0 saturated heterocycles. The average Bonchev–Trinajstić information content (AvgIpc) is 3.22. The van der Waals surface area contributed by atoms with Crippen molar-refractivity contribution in [1.29, 1.82) is 0 Å². The van der Waals surface area contributed by atoms with Crippen LogP contribution in [0.4, 0.5) is 5.13 Å². The molecule has 0 aliphatic heterocycles. The SMILES string of the molecule is O=C(Cc1cccc2ccccc12)Nc1nc(-c2ccc3ccccc3c2)cs1. The van der Waals surface area contributed by atoms with E-state index in [0.29, 0.717) is 11.6 Å². The van der Waals surface area contributed by atoms with Crippen molar-refractivity contribution in [3.63, 3.8) is 0 Å². The summed E-state index contributed by atoms with van der Waals surface area (Å²) in [5, 5.41) is 10.2. The van der Waals surface area contributed by atoms with Gasteiger partial charge in [-0.15, -0.1) is 11.3 Å². The number of hydrogen-bond acceptors (Lipinski definition) is 3. The van der Waals surface area contributed by atoms with E-state index in [1.54, 1.807) is 0 Å². The Labute approximate surface area is 172 Å². The molecule has 5 aromatic rings. The molecule has 0 aliphatic carbocycles. The molecule has 140 valence electrons. The fourth-order valence-corrected chi connectivity index (χ4v) is 4.33. The molecule has 5 rings (SSSR count). The lowest BCUT2D eigenvalue weighted by atomic mass is 10.0. The summed E-state index contributed by atoms with van der Waals surface area (Å²) in [6.45, 7) is 0. The highest BCUT2D eigenvalue weighted by molar-refractivity contribution is 7.14. The van der Waals surface area contributed by atoms with Crippen LogP contribution in [0.25, 0.3) is 32.8 Å². The number of nitrogens with one attached hydrogen (secondary N) is 1. The van der Waals surface area contributed by atoms with Crippen LogP contribution in [0.2, 0.25) is 0 Å². The van der Waals surface area contributed by atoms with Crippen LogP contribution in [0.3, 0.4) is 0 Å². The molecule has 0 spiro atoms. The third-order valence-electron chi connectivity index (χ3n) is 5.03. The van der Waals surface area contributed by atoms with Crippen LogP contribution in [0, 0.1) is 0 Å². The van der Waals surface area contributed by atoms with Gasteiger partial charge >= 0.3 is 0 Å². The molecular formula is C25H18N2OS. The van der Waals surface area contributed by atoms with Crippen molar-refractivity contribution >= 4 is 43.9 Å². The van der Waals surface area contributed by atoms with E-state index >= 15 is 0 Å². The van der Waals surface area contributed by atoms with E-state index in [1.807, 2.05) is 41.8 Å². The molecule has 0 aliphatic rings. The Bertz CT molecular complexity index is 1330. The number of carbonyl (C=O) groups is 1. The lowest BCUT2D eigenvalue weighted by Gasteiger charge is -2.06. The Balaban J connectivity index is 1.34. The summed E-state index contributed by atoms with van der Waals surface area (Å²) in [6.07, 6.45) is 0.326. The van der Waals surface area contributed by atoms with Gasteiger partial charge in [-0.2, -0.15) is 0 Å². The van der Waals surface area contributed by atoms with Crippen molar-refractivity contribution in [1.82, 2.24) is 4.98 Å². The minimum absolute atomic E-state index is 0.0548. The Morgan fingerprint density at radius 2 is 1.59 bits per heavy atom. The molecule has 0 fully saturated rings. The second-order valence-electron chi connectivity index (χ2n) is 6.96. The summed E-state index contributed by atoms with van der Waals surface area (Å²) < 4.78 is 0. The normalized spacial score (nSPS) is 11.0. The average molecular weight is 394 g/mol. The lowest BCUT2D eigenvalue weighted by molar-refractivity contribution is -0.115. The summed E-state index contributed by atoms with van der Waals surface area (Å²) in [6, 6.07) is 28.7. The molecule has 1 aromatic heterocycles. The Morgan fingerprint density at radius 3 is 2.48 bits per heavy atom. The first-order chi connectivity index (χ1) is 14.3. The maximum atomic E-state index is 12.6. The van der Waals surface area contributed by atoms with Gasteiger partial charge in [-0.1, -0.05) is 78.9 Å². The number of carbonyl (C=O) groups excluding carboxylic acids is 1. The van der Waals surface area contributed by atoms with Gasteiger partial charge in [0.15, 0.2) is 5.13 Å². The first-order valence-corrected chi connectivity index (χ1v) is 10.4. The minimum Gasteiger partial charge on any atom is -0.302 e. The fraction of sp³-hybridized carbons (Fsp3) is 0.0400. The van der Waals surface area contributed by atoms with Crippen molar-refractivity contribution in [2.75, 3.05) is 5.32 Å². The van der Waals surface area contributed by atoms with Crippen LogP contribution >= 0.6 is 11.3 Å². The van der Waals surface area contributed by atoms with Gasteiger partial charge in [0.2, 0.25) is 5.91 Å². The molecule has 0 saturated carbocycles. The smallest absolute Gasteiger partial charge is 0.230 e. The number of amides is 1. The maximum Gasteiger partial charge on any atom is 0.230 e. The van der Waals surface area contributed by atoms with Crippen LogP contribution in [0.5, 0.6) is 0 Å². The van der Waals surface area contributed by atoms with Crippen molar-refractivity contribution in [3.8, 4) is 11.3 Å². The number of hydrogen-bond donors (Lipinski definition) is 1. The summed E-state index contributed by atoms with van der Waals surface area (Å²) in [5.41, 5.74) is 2.95. The fourth-order valence-electron chi connectivity index (χ4n) is 3.60. The van der Waals surface area contributed by atoms with Gasteiger partial charge in [0, 0.05) is 10.9 Å². The van der Waals surface area contributed by atoms with Gasteiger partial charge in [0.1, 0.15) is 0 Å². The van der Waals surface area contributed by atoms with E-state index in [0.717, 1.165) is 27.6 Å². The molecule has 1 amide bonds. The molecule has 1 heterocycles. The van der Waals surface area contributed by atoms with E-state index < -0.39 is 0 Å². The van der Waals surface area contributed by atoms with Gasteiger partial charge in [-0.25, -0.2) is 4.98 Å². The lowest BCUT2D eigenvalue weighted by Crippen LogP contribution is -2.14. The highest BCUT2D eigenvalue weighted by Crippen LogP contribution is 2.28. The number of rotatable bonds is 4. The van der Waals surface area contributed by atoms with Crippen LogP contribution in [-0.4, -0.2) is 10.9 Å². The molecule has 0 atom stereocenters. The minimum atomic E-state index is -0.0548. The number of nitrogens with zero attached hydrogens (tertiary/aromatic N) is 1. The van der Waals surface area contributed by atoms with Gasteiger partial charge < -0.3 is 5.32 Å². The first-order valence-electron chi connectivity index (χ1n) is 9.47. The van der Waals surface area contributed by atoms with Crippen molar-refractivity contribution in [3.05, 3.63) is 95.9 Å². The van der Waals surface area contributed by atoms with Gasteiger partial charge in [-0.3, -0.25) is 4.79 Å². The third-order valence-corrected chi connectivity index (χ3v) is 5.78. The monoisotopic (exact) mass is 394 g/mol. The zero-order chi connectivity index (χ0) is 19.6. The second-order valence-corrected chi connectivity index (χ2v) is 7.82. The van der Waals surface area contributed by atoms with E-state index in [1.165, 1.54) is 22.1 Å². The predicted octanol–water partition coefficient (Wildman–Crippen LogP) is 6.30. The number of anilines is 1. The Morgan fingerprint density at radius 1 is 0.828 bits per heavy atom. The zero-order valence-corrected chi connectivity index (χ0v) is 16.4. The molecule has 0 unspecified atom stereocenters. The van der Waals surface area contributed by atoms with Gasteiger partial charge in [0.25, 0.3) is 0 Å². The molecule has 4 aromatic carbocycles. The van der Waals surface area contributed by atoms with Crippen LogP contribution in [0.15, 0.2) is 90.3 Å². The third kappa shape index (κ3) is 3.62. The van der Waals surface area contributed by atoms with E-state index in [2.05, 4.69) is 58.8 Å². The van der Waals surface area contributed by atoms with Crippen LogP contribution < -0.4 is 5.32 Å². The highest BCUT2D eigenvalue weighted by Gasteiger charge is 2.11. The quantitative estimate of drug-likeness (QED) is 0.389. The van der Waals surface area contributed by atoms with E-state index in [4.69, 9.17) is 0 Å². The highest BCUT2D eigenvalue weighted by atomic mass is 32.1. The summed E-state index contributed by atoms with van der Waals surface area (Å²) in [4.78, 5) is 17.2. The van der Waals surface area contributed by atoms with Gasteiger partial charge in [-0.05, 0) is 33.2 Å². The molecular weight excluding hydrogens is 376 g/mol. The van der Waals surface area contributed by atoms with Crippen molar-refractivity contribution < 1.29 is 4.79 Å². The van der Waals surface area contributed by atoms with E-state index in [9.17, 15) is 4.79 Å².